The van der Waals surface area contributed by atoms with E-state index in [1.54, 1.807) is 0 Å². The summed E-state index contributed by atoms with van der Waals surface area (Å²) in [6.45, 7) is 5.96. The van der Waals surface area contributed by atoms with Crippen LogP contribution in [0.4, 0.5) is 0 Å². The molecule has 3 atom stereocenters. The molecule has 0 aromatic heterocycles. The largest absolute Gasteiger partial charge is 0.306 e. The van der Waals surface area contributed by atoms with Gasteiger partial charge in [-0.2, -0.15) is 5.26 Å². The van der Waals surface area contributed by atoms with E-state index < -0.39 is 0 Å². The predicted molar refractivity (Wildman–Crippen MR) is 83.4 cm³/mol. The number of hydrogen-bond acceptors (Lipinski definition) is 3. The molecule has 1 saturated heterocycles. The second-order valence-electron chi connectivity index (χ2n) is 7.08. The normalized spacial score (nSPS) is 33.2. The summed E-state index contributed by atoms with van der Waals surface area (Å²) in [6, 6.07) is 3.07. The van der Waals surface area contributed by atoms with E-state index in [1.165, 1.54) is 51.7 Å². The lowest BCUT2D eigenvalue weighted by molar-refractivity contribution is 0.0916. The summed E-state index contributed by atoms with van der Waals surface area (Å²) in [7, 11) is 4.48. The van der Waals surface area contributed by atoms with Gasteiger partial charge in [-0.3, -0.25) is 0 Å². The first-order chi connectivity index (χ1) is 9.63. The maximum atomic E-state index is 9.43. The molecule has 0 aromatic carbocycles. The van der Waals surface area contributed by atoms with E-state index in [2.05, 4.69) is 36.9 Å². The highest BCUT2D eigenvalue weighted by atomic mass is 15.1. The summed E-state index contributed by atoms with van der Waals surface area (Å²) in [5.74, 6) is 1.93. The van der Waals surface area contributed by atoms with Crippen molar-refractivity contribution in [2.24, 2.45) is 17.8 Å². The fourth-order valence-corrected chi connectivity index (χ4v) is 4.03. The first-order valence-corrected chi connectivity index (χ1v) is 8.42. The van der Waals surface area contributed by atoms with Crippen molar-refractivity contribution in [1.82, 2.24) is 9.80 Å². The molecule has 2 rings (SSSR count). The van der Waals surface area contributed by atoms with Crippen molar-refractivity contribution in [2.45, 2.75) is 51.5 Å². The molecule has 3 heteroatoms. The molecule has 2 aliphatic rings. The third-order valence-corrected chi connectivity index (χ3v) is 5.62. The monoisotopic (exact) mass is 277 g/mol. The maximum Gasteiger partial charge on any atom is 0.0672 e. The minimum Gasteiger partial charge on any atom is -0.306 e. The van der Waals surface area contributed by atoms with Gasteiger partial charge in [0.15, 0.2) is 0 Å². The highest BCUT2D eigenvalue weighted by Crippen LogP contribution is 2.34. The molecule has 0 spiro atoms. The Balaban J connectivity index is 1.88. The second-order valence-corrected chi connectivity index (χ2v) is 7.08. The topological polar surface area (TPSA) is 30.3 Å². The zero-order valence-corrected chi connectivity index (χ0v) is 13.5. The van der Waals surface area contributed by atoms with E-state index in [1.807, 2.05) is 0 Å². The lowest BCUT2D eigenvalue weighted by Crippen LogP contribution is -2.45. The van der Waals surface area contributed by atoms with Crippen molar-refractivity contribution in [3.63, 3.8) is 0 Å². The van der Waals surface area contributed by atoms with Crippen molar-refractivity contribution >= 4 is 0 Å². The lowest BCUT2D eigenvalue weighted by atomic mass is 9.77. The van der Waals surface area contributed by atoms with Gasteiger partial charge in [-0.15, -0.1) is 0 Å². The Morgan fingerprint density at radius 3 is 2.45 bits per heavy atom. The molecule has 3 unspecified atom stereocenters. The van der Waals surface area contributed by atoms with E-state index in [4.69, 9.17) is 0 Å². The van der Waals surface area contributed by atoms with E-state index in [0.717, 1.165) is 18.3 Å². The molecule has 1 heterocycles. The second kappa shape index (κ2) is 7.43. The first-order valence-electron chi connectivity index (χ1n) is 8.42. The highest BCUT2D eigenvalue weighted by Gasteiger charge is 2.33. The van der Waals surface area contributed by atoms with Crippen LogP contribution in [-0.2, 0) is 0 Å². The van der Waals surface area contributed by atoms with E-state index in [-0.39, 0.29) is 5.92 Å². The Hall–Kier alpha value is -0.590. The summed E-state index contributed by atoms with van der Waals surface area (Å²) < 4.78 is 0. The van der Waals surface area contributed by atoms with Crippen LogP contribution in [0.15, 0.2) is 0 Å². The number of rotatable bonds is 4. The number of likely N-dealkylation sites (tertiary alicyclic amines) is 1. The third kappa shape index (κ3) is 3.96. The SMILES string of the molecule is CCC1CCC(C#N)C(N(C)CC2CCN(C)CC2)C1. The van der Waals surface area contributed by atoms with E-state index in [0.29, 0.717) is 6.04 Å². The van der Waals surface area contributed by atoms with Gasteiger partial charge in [0.1, 0.15) is 0 Å². The van der Waals surface area contributed by atoms with Gasteiger partial charge in [0, 0.05) is 12.6 Å². The van der Waals surface area contributed by atoms with Gasteiger partial charge in [0.25, 0.3) is 0 Å². The molecular formula is C17H31N3. The molecule has 3 nitrogen and oxygen atoms in total. The maximum absolute atomic E-state index is 9.43. The summed E-state index contributed by atoms with van der Waals surface area (Å²) >= 11 is 0. The van der Waals surface area contributed by atoms with Crippen molar-refractivity contribution in [2.75, 3.05) is 33.7 Å². The van der Waals surface area contributed by atoms with Gasteiger partial charge in [0.05, 0.1) is 12.0 Å². The predicted octanol–water partition coefficient (Wildman–Crippen LogP) is 2.98. The smallest absolute Gasteiger partial charge is 0.0672 e. The van der Waals surface area contributed by atoms with Crippen LogP contribution in [0.3, 0.4) is 0 Å². The van der Waals surface area contributed by atoms with Gasteiger partial charge < -0.3 is 9.80 Å². The highest BCUT2D eigenvalue weighted by molar-refractivity contribution is 4.97. The van der Waals surface area contributed by atoms with Crippen LogP contribution in [0.25, 0.3) is 0 Å². The minimum atomic E-state index is 0.258. The van der Waals surface area contributed by atoms with Crippen LogP contribution in [0.5, 0.6) is 0 Å². The Morgan fingerprint density at radius 2 is 1.85 bits per heavy atom. The number of nitriles is 1. The zero-order chi connectivity index (χ0) is 14.5. The molecule has 2 fully saturated rings. The molecule has 20 heavy (non-hydrogen) atoms. The fraction of sp³-hybridized carbons (Fsp3) is 0.941. The average molecular weight is 277 g/mol. The lowest BCUT2D eigenvalue weighted by Gasteiger charge is -2.40. The number of nitrogens with zero attached hydrogens (tertiary/aromatic N) is 3. The Morgan fingerprint density at radius 1 is 1.15 bits per heavy atom. The van der Waals surface area contributed by atoms with Crippen molar-refractivity contribution in [3.8, 4) is 6.07 Å². The Labute approximate surface area is 124 Å². The molecule has 0 bridgehead atoms. The fourth-order valence-electron chi connectivity index (χ4n) is 4.03. The summed E-state index contributed by atoms with van der Waals surface area (Å²) in [6.07, 6.45) is 7.52. The van der Waals surface area contributed by atoms with Crippen molar-refractivity contribution in [3.05, 3.63) is 0 Å². The van der Waals surface area contributed by atoms with Gasteiger partial charge in [0.2, 0.25) is 0 Å². The van der Waals surface area contributed by atoms with Crippen LogP contribution in [0, 0.1) is 29.1 Å². The van der Waals surface area contributed by atoms with Crippen LogP contribution < -0.4 is 0 Å². The van der Waals surface area contributed by atoms with Crippen LogP contribution >= 0.6 is 0 Å². The summed E-state index contributed by atoms with van der Waals surface area (Å²) in [5, 5.41) is 9.43. The molecule has 1 aliphatic heterocycles. The average Bonchev–Trinajstić information content (AvgIpc) is 2.48. The van der Waals surface area contributed by atoms with Crippen LogP contribution in [-0.4, -0.2) is 49.6 Å². The van der Waals surface area contributed by atoms with Crippen molar-refractivity contribution < 1.29 is 0 Å². The molecule has 114 valence electrons. The quantitative estimate of drug-likeness (QED) is 0.791. The first kappa shape index (κ1) is 15.8. The molecule has 0 aromatic rings. The number of hydrogen-bond donors (Lipinski definition) is 0. The standard InChI is InChI=1S/C17H31N3/c1-4-14-5-6-16(12-18)17(11-14)20(3)13-15-7-9-19(2)10-8-15/h14-17H,4-11,13H2,1-3H3. The van der Waals surface area contributed by atoms with Crippen LogP contribution in [0.1, 0.15) is 45.4 Å². The Bertz CT molecular complexity index is 328. The molecule has 1 saturated carbocycles. The molecular weight excluding hydrogens is 246 g/mol. The summed E-state index contributed by atoms with van der Waals surface area (Å²) in [4.78, 5) is 4.95. The molecule has 0 N–H and O–H groups in total. The molecule has 0 amide bonds. The zero-order valence-electron chi connectivity index (χ0n) is 13.5. The van der Waals surface area contributed by atoms with Crippen molar-refractivity contribution in [1.29, 1.82) is 5.26 Å². The molecule has 1 aliphatic carbocycles. The third-order valence-electron chi connectivity index (χ3n) is 5.62. The Kier molecular flexibility index (Phi) is 5.86. The van der Waals surface area contributed by atoms with E-state index in [9.17, 15) is 5.26 Å². The van der Waals surface area contributed by atoms with Crippen LogP contribution in [0.2, 0.25) is 0 Å². The van der Waals surface area contributed by atoms with Gasteiger partial charge >= 0.3 is 0 Å². The van der Waals surface area contributed by atoms with Gasteiger partial charge in [-0.05, 0) is 71.1 Å². The minimum absolute atomic E-state index is 0.258. The summed E-state index contributed by atoms with van der Waals surface area (Å²) in [5.41, 5.74) is 0. The number of piperidine rings is 1. The van der Waals surface area contributed by atoms with Gasteiger partial charge in [-0.1, -0.05) is 13.3 Å². The molecule has 0 radical (unpaired) electrons. The van der Waals surface area contributed by atoms with Gasteiger partial charge in [-0.25, -0.2) is 0 Å². The van der Waals surface area contributed by atoms with E-state index >= 15 is 0 Å².